The summed E-state index contributed by atoms with van der Waals surface area (Å²) >= 11 is 0. The molecule has 4 nitrogen and oxygen atoms in total. The fraction of sp³-hybridized carbons (Fsp3) is 0.500. The molecule has 21 heavy (non-hydrogen) atoms. The lowest BCUT2D eigenvalue weighted by molar-refractivity contribution is -0.137. The number of carbonyl (C=O) groups excluding carboxylic acids is 2. The Morgan fingerprint density at radius 1 is 1.24 bits per heavy atom. The van der Waals surface area contributed by atoms with E-state index in [1.807, 2.05) is 0 Å². The van der Waals surface area contributed by atoms with Crippen LogP contribution >= 0.6 is 0 Å². The highest BCUT2D eigenvalue weighted by atomic mass is 19.1. The molecule has 0 spiro atoms. The maximum absolute atomic E-state index is 14.0. The van der Waals surface area contributed by atoms with Crippen LogP contribution in [0.4, 0.5) is 4.39 Å². The van der Waals surface area contributed by atoms with Gasteiger partial charge in [0.2, 0.25) is 0 Å². The third-order valence-corrected chi connectivity index (χ3v) is 3.50. The van der Waals surface area contributed by atoms with Crippen molar-refractivity contribution in [2.45, 2.75) is 45.1 Å². The molecule has 0 aromatic heterocycles. The fourth-order valence-electron chi connectivity index (χ4n) is 2.41. The van der Waals surface area contributed by atoms with Crippen molar-refractivity contribution in [3.8, 4) is 5.75 Å². The summed E-state index contributed by atoms with van der Waals surface area (Å²) in [5.74, 6) is -2.32. The van der Waals surface area contributed by atoms with Gasteiger partial charge in [0.15, 0.2) is 11.6 Å². The lowest BCUT2D eigenvalue weighted by atomic mass is 9.98. The van der Waals surface area contributed by atoms with Gasteiger partial charge in [0.05, 0.1) is 12.7 Å². The van der Waals surface area contributed by atoms with Gasteiger partial charge in [0.25, 0.3) is 5.78 Å². The van der Waals surface area contributed by atoms with Crippen molar-refractivity contribution in [3.63, 3.8) is 0 Å². The summed E-state index contributed by atoms with van der Waals surface area (Å²) in [6.45, 7) is 1.71. The fourth-order valence-corrected chi connectivity index (χ4v) is 2.41. The van der Waals surface area contributed by atoms with Gasteiger partial charge in [-0.25, -0.2) is 9.18 Å². The Balaban J connectivity index is 2.06. The molecule has 1 aromatic rings. The predicted octanol–water partition coefficient (Wildman–Crippen LogP) is 3.28. The molecular weight excluding hydrogens is 275 g/mol. The highest BCUT2D eigenvalue weighted by Gasteiger charge is 2.21. The van der Waals surface area contributed by atoms with Crippen LogP contribution in [0.3, 0.4) is 0 Å². The second-order valence-electron chi connectivity index (χ2n) is 5.07. The smallest absolute Gasteiger partial charge is 0.379 e. The Kier molecular flexibility index (Phi) is 5.31. The van der Waals surface area contributed by atoms with Crippen LogP contribution in [0.25, 0.3) is 0 Å². The molecule has 0 atom stereocenters. The molecule has 0 unspecified atom stereocenters. The summed E-state index contributed by atoms with van der Waals surface area (Å²) in [5.41, 5.74) is -0.0260. The Labute approximate surface area is 123 Å². The largest absolute Gasteiger partial charge is 0.487 e. The molecular formula is C16H19FO4. The number of ketones is 1. The predicted molar refractivity (Wildman–Crippen MR) is 74.9 cm³/mol. The minimum atomic E-state index is -0.974. The van der Waals surface area contributed by atoms with E-state index in [1.54, 1.807) is 6.92 Å². The van der Waals surface area contributed by atoms with Crippen LogP contribution < -0.4 is 4.74 Å². The molecule has 1 fully saturated rings. The van der Waals surface area contributed by atoms with E-state index in [0.717, 1.165) is 31.7 Å². The lowest BCUT2D eigenvalue weighted by Crippen LogP contribution is -2.21. The number of esters is 1. The van der Waals surface area contributed by atoms with E-state index in [-0.39, 0.29) is 24.0 Å². The third kappa shape index (κ3) is 4.03. The highest BCUT2D eigenvalue weighted by molar-refractivity contribution is 6.40. The van der Waals surface area contributed by atoms with Crippen LogP contribution in [0.1, 0.15) is 49.4 Å². The number of Topliss-reactive ketones (excluding diaryl/α,β-unsaturated/α-hetero) is 1. The summed E-state index contributed by atoms with van der Waals surface area (Å²) in [4.78, 5) is 23.0. The van der Waals surface area contributed by atoms with Gasteiger partial charge in [-0.2, -0.15) is 0 Å². The minimum Gasteiger partial charge on any atom is -0.487 e. The maximum atomic E-state index is 14.0. The van der Waals surface area contributed by atoms with Crippen molar-refractivity contribution in [3.05, 3.63) is 29.6 Å². The topological polar surface area (TPSA) is 52.6 Å². The van der Waals surface area contributed by atoms with Gasteiger partial charge < -0.3 is 9.47 Å². The number of carbonyl (C=O) groups is 2. The second kappa shape index (κ2) is 7.20. The van der Waals surface area contributed by atoms with Crippen LogP contribution in [0.5, 0.6) is 5.75 Å². The van der Waals surface area contributed by atoms with E-state index < -0.39 is 17.6 Å². The van der Waals surface area contributed by atoms with Gasteiger partial charge >= 0.3 is 5.97 Å². The molecule has 0 aliphatic heterocycles. The van der Waals surface area contributed by atoms with Crippen LogP contribution in [0.2, 0.25) is 0 Å². The molecule has 0 saturated heterocycles. The first kappa shape index (κ1) is 15.5. The van der Waals surface area contributed by atoms with E-state index in [4.69, 9.17) is 4.74 Å². The molecule has 0 amide bonds. The van der Waals surface area contributed by atoms with Crippen molar-refractivity contribution in [2.75, 3.05) is 6.61 Å². The lowest BCUT2D eigenvalue weighted by Gasteiger charge is -2.23. The van der Waals surface area contributed by atoms with Gasteiger partial charge in [0, 0.05) is 5.56 Å². The van der Waals surface area contributed by atoms with Crippen LogP contribution in [0, 0.1) is 5.82 Å². The standard InChI is InChI=1S/C16H19FO4/c1-2-20-16(19)15(18)11-8-9-14(13(17)10-11)21-12-6-4-3-5-7-12/h8-10,12H,2-7H2,1H3. The number of hydrogen-bond donors (Lipinski definition) is 0. The average Bonchev–Trinajstić information content (AvgIpc) is 2.50. The van der Waals surface area contributed by atoms with Gasteiger partial charge in [-0.05, 0) is 50.8 Å². The molecule has 0 radical (unpaired) electrons. The summed E-state index contributed by atoms with van der Waals surface area (Å²) < 4.78 is 24.2. The van der Waals surface area contributed by atoms with Crippen LogP contribution in [-0.4, -0.2) is 24.5 Å². The number of benzene rings is 1. The van der Waals surface area contributed by atoms with Crippen molar-refractivity contribution in [1.82, 2.24) is 0 Å². The first-order valence-corrected chi connectivity index (χ1v) is 7.29. The second-order valence-corrected chi connectivity index (χ2v) is 5.07. The molecule has 1 aliphatic carbocycles. The highest BCUT2D eigenvalue weighted by Crippen LogP contribution is 2.26. The number of hydrogen-bond acceptors (Lipinski definition) is 4. The van der Waals surface area contributed by atoms with Gasteiger partial charge in [-0.15, -0.1) is 0 Å². The normalized spacial score (nSPS) is 15.5. The van der Waals surface area contributed by atoms with Crippen LogP contribution in [0.15, 0.2) is 18.2 Å². The van der Waals surface area contributed by atoms with E-state index >= 15 is 0 Å². The third-order valence-electron chi connectivity index (χ3n) is 3.50. The molecule has 2 rings (SSSR count). The van der Waals surface area contributed by atoms with Crippen LogP contribution in [-0.2, 0) is 9.53 Å². The van der Waals surface area contributed by atoms with Crippen molar-refractivity contribution in [2.24, 2.45) is 0 Å². The Morgan fingerprint density at radius 2 is 1.95 bits per heavy atom. The van der Waals surface area contributed by atoms with Gasteiger partial charge in [0.1, 0.15) is 0 Å². The molecule has 1 aliphatic rings. The van der Waals surface area contributed by atoms with E-state index in [9.17, 15) is 14.0 Å². The quantitative estimate of drug-likeness (QED) is 0.475. The van der Waals surface area contributed by atoms with Crippen molar-refractivity contribution in [1.29, 1.82) is 0 Å². The number of halogens is 1. The molecule has 1 saturated carbocycles. The minimum absolute atomic E-state index is 0.0260. The first-order chi connectivity index (χ1) is 10.1. The van der Waals surface area contributed by atoms with E-state index in [2.05, 4.69) is 4.74 Å². The average molecular weight is 294 g/mol. The molecule has 0 heterocycles. The zero-order valence-electron chi connectivity index (χ0n) is 12.1. The van der Waals surface area contributed by atoms with Gasteiger partial charge in [-0.3, -0.25) is 4.79 Å². The van der Waals surface area contributed by atoms with E-state index in [0.29, 0.717) is 0 Å². The number of ether oxygens (including phenoxy) is 2. The van der Waals surface area contributed by atoms with E-state index in [1.165, 1.54) is 18.6 Å². The maximum Gasteiger partial charge on any atom is 0.379 e. The van der Waals surface area contributed by atoms with Crippen molar-refractivity contribution < 1.29 is 23.5 Å². The summed E-state index contributed by atoms with van der Waals surface area (Å²) in [5, 5.41) is 0. The Morgan fingerprint density at radius 3 is 2.57 bits per heavy atom. The monoisotopic (exact) mass is 294 g/mol. The summed E-state index contributed by atoms with van der Waals surface area (Å²) in [6.07, 6.45) is 5.23. The molecule has 0 bridgehead atoms. The first-order valence-electron chi connectivity index (χ1n) is 7.29. The summed E-state index contributed by atoms with van der Waals surface area (Å²) in [6, 6.07) is 3.81. The zero-order valence-corrected chi connectivity index (χ0v) is 12.1. The number of rotatable bonds is 5. The Bertz CT molecular complexity index is 521. The molecule has 0 N–H and O–H groups in total. The van der Waals surface area contributed by atoms with Gasteiger partial charge in [-0.1, -0.05) is 6.42 Å². The molecule has 5 heteroatoms. The zero-order chi connectivity index (χ0) is 15.2. The SMILES string of the molecule is CCOC(=O)C(=O)c1ccc(OC2CCCCC2)c(F)c1. The Hall–Kier alpha value is -1.91. The van der Waals surface area contributed by atoms with Crippen molar-refractivity contribution >= 4 is 11.8 Å². The summed E-state index contributed by atoms with van der Waals surface area (Å²) in [7, 11) is 0. The molecule has 1 aromatic carbocycles. The molecule has 114 valence electrons.